The SMILES string of the molecule is CCCNCc1ncc(-c2cc(F)c3c(c2)OC(c2ccc(C4CC4)s2)n2c-3cc3cc(-c4cnc(C5CCCN5C(=O)CC5CCOCC5)[nH]4)ccc32)[nH]1. The Hall–Kier alpha value is -4.78. The average molecular weight is 760 g/mol. The number of carbonyl (C=O) groups excluding carboxylic acids is 1. The lowest BCUT2D eigenvalue weighted by molar-refractivity contribution is -0.134. The average Bonchev–Trinajstić information content (AvgIpc) is 3.78. The number of hydrogen-bond donors (Lipinski definition) is 3. The second kappa shape index (κ2) is 14.4. The predicted molar refractivity (Wildman–Crippen MR) is 211 cm³/mol. The van der Waals surface area contributed by atoms with Crippen LogP contribution in [0.15, 0.2) is 60.9 Å². The number of rotatable bonds is 11. The zero-order chi connectivity index (χ0) is 37.0. The molecule has 1 aliphatic carbocycles. The number of carbonyl (C=O) groups is 1. The second-order valence-corrected chi connectivity index (χ2v) is 16.7. The highest BCUT2D eigenvalue weighted by Crippen LogP contribution is 2.50. The number of H-pyrrole nitrogens is 2. The number of fused-ring (bicyclic) bond motifs is 5. The smallest absolute Gasteiger partial charge is 0.223 e. The van der Waals surface area contributed by atoms with Gasteiger partial charge in [0.2, 0.25) is 12.1 Å². The Kier molecular flexibility index (Phi) is 9.07. The van der Waals surface area contributed by atoms with Crippen LogP contribution in [0.5, 0.6) is 5.75 Å². The predicted octanol–water partition coefficient (Wildman–Crippen LogP) is 9.09. The third-order valence-corrected chi connectivity index (χ3v) is 13.0. The van der Waals surface area contributed by atoms with Crippen molar-refractivity contribution in [2.45, 2.75) is 83.0 Å². The summed E-state index contributed by atoms with van der Waals surface area (Å²) in [5.41, 5.74) is 5.53. The molecule has 12 heteroatoms. The van der Waals surface area contributed by atoms with Gasteiger partial charge in [0.15, 0.2) is 0 Å². The van der Waals surface area contributed by atoms with Gasteiger partial charge < -0.3 is 29.7 Å². The van der Waals surface area contributed by atoms with E-state index < -0.39 is 6.23 Å². The van der Waals surface area contributed by atoms with Gasteiger partial charge in [-0.2, -0.15) is 0 Å². The molecule has 10 rings (SSSR count). The Balaban J connectivity index is 0.982. The van der Waals surface area contributed by atoms with E-state index in [4.69, 9.17) is 14.5 Å². The van der Waals surface area contributed by atoms with Crippen LogP contribution in [0.4, 0.5) is 4.39 Å². The summed E-state index contributed by atoms with van der Waals surface area (Å²) in [6, 6.07) is 16.3. The highest BCUT2D eigenvalue weighted by molar-refractivity contribution is 7.12. The van der Waals surface area contributed by atoms with Crippen LogP contribution in [0.3, 0.4) is 0 Å². The maximum atomic E-state index is 16.5. The molecule has 7 heterocycles. The minimum absolute atomic E-state index is 0.0497. The van der Waals surface area contributed by atoms with E-state index in [1.807, 2.05) is 17.2 Å². The maximum Gasteiger partial charge on any atom is 0.223 e. The fourth-order valence-corrected chi connectivity index (χ4v) is 9.87. The molecule has 2 aromatic carbocycles. The van der Waals surface area contributed by atoms with E-state index in [2.05, 4.69) is 68.2 Å². The standard InChI is InChI=1S/C43H46FN7O3S/c1-2-13-45-24-39-46-22-32(48-39)28-19-30(44)41-35-20-29-18-27(7-8-33(29)51(35)43(54-36(41)21-28)38-10-9-37(55-38)26-5-6-26)31-23-47-42(49-31)34-4-3-14-50(34)40(52)17-25-11-15-53-16-12-25/h7-10,18-23,25-26,34,43,45H,2-6,11-17,24H2,1H3,(H,46,48)(H,47,49). The van der Waals surface area contributed by atoms with E-state index in [1.54, 1.807) is 23.6 Å². The highest BCUT2D eigenvalue weighted by Gasteiger charge is 2.36. The number of benzene rings is 2. The molecule has 4 aromatic heterocycles. The fourth-order valence-electron chi connectivity index (χ4n) is 8.67. The summed E-state index contributed by atoms with van der Waals surface area (Å²) in [7, 11) is 0. The Labute approximate surface area is 323 Å². The first-order chi connectivity index (χ1) is 27.0. The van der Waals surface area contributed by atoms with Gasteiger partial charge in [0, 0.05) is 47.6 Å². The molecule has 4 aliphatic rings. The zero-order valence-corrected chi connectivity index (χ0v) is 31.9. The summed E-state index contributed by atoms with van der Waals surface area (Å²) in [4.78, 5) is 34.2. The highest BCUT2D eigenvalue weighted by atomic mass is 32.1. The van der Waals surface area contributed by atoms with E-state index >= 15 is 4.39 Å². The van der Waals surface area contributed by atoms with Gasteiger partial charge in [-0.1, -0.05) is 13.0 Å². The van der Waals surface area contributed by atoms with Crippen molar-refractivity contribution in [1.29, 1.82) is 0 Å². The van der Waals surface area contributed by atoms with E-state index in [9.17, 15) is 4.79 Å². The first-order valence-electron chi connectivity index (χ1n) is 19.9. The van der Waals surface area contributed by atoms with Crippen LogP contribution in [0.2, 0.25) is 0 Å². The lowest BCUT2D eigenvalue weighted by atomic mass is 9.96. The van der Waals surface area contributed by atoms with Gasteiger partial charge in [-0.3, -0.25) is 9.36 Å². The summed E-state index contributed by atoms with van der Waals surface area (Å²) < 4.78 is 31.0. The first-order valence-corrected chi connectivity index (χ1v) is 20.7. The molecule has 2 saturated heterocycles. The molecule has 3 N–H and O–H groups in total. The topological polar surface area (TPSA) is 113 Å². The summed E-state index contributed by atoms with van der Waals surface area (Å²) in [6.07, 6.45) is 11.0. The number of nitrogens with one attached hydrogen (secondary N) is 3. The summed E-state index contributed by atoms with van der Waals surface area (Å²) in [6.45, 7) is 5.91. The number of imidazole rings is 2. The lowest BCUT2D eigenvalue weighted by Gasteiger charge is -2.30. The van der Waals surface area contributed by atoms with Gasteiger partial charge >= 0.3 is 0 Å². The number of hydrogen-bond acceptors (Lipinski definition) is 7. The third-order valence-electron chi connectivity index (χ3n) is 11.8. The van der Waals surface area contributed by atoms with E-state index in [0.717, 1.165) is 108 Å². The van der Waals surface area contributed by atoms with Gasteiger partial charge in [0.25, 0.3) is 0 Å². The van der Waals surface area contributed by atoms with Crippen LogP contribution >= 0.6 is 11.3 Å². The second-order valence-electron chi connectivity index (χ2n) is 15.6. The van der Waals surface area contributed by atoms with Crippen LogP contribution in [0, 0.1) is 11.7 Å². The number of nitrogens with zero attached hydrogens (tertiary/aromatic N) is 4. The third kappa shape index (κ3) is 6.57. The molecule has 1 saturated carbocycles. The van der Waals surface area contributed by atoms with Crippen LogP contribution in [0.25, 0.3) is 44.7 Å². The monoisotopic (exact) mass is 759 g/mol. The minimum atomic E-state index is -0.445. The fraction of sp³-hybridized carbons (Fsp3) is 0.419. The van der Waals surface area contributed by atoms with Crippen molar-refractivity contribution >= 4 is 28.1 Å². The Morgan fingerprint density at radius 1 is 0.964 bits per heavy atom. The summed E-state index contributed by atoms with van der Waals surface area (Å²) in [5.74, 6) is 3.05. The van der Waals surface area contributed by atoms with Crippen molar-refractivity contribution < 1.29 is 18.7 Å². The number of halogens is 1. The molecule has 2 unspecified atom stereocenters. The van der Waals surface area contributed by atoms with Crippen LogP contribution < -0.4 is 10.1 Å². The maximum absolute atomic E-state index is 16.5. The van der Waals surface area contributed by atoms with Crippen molar-refractivity contribution in [3.63, 3.8) is 0 Å². The number of thiophene rings is 1. The number of amides is 1. The zero-order valence-electron chi connectivity index (χ0n) is 31.1. The summed E-state index contributed by atoms with van der Waals surface area (Å²) in [5, 5.41) is 4.35. The molecule has 3 fully saturated rings. The summed E-state index contributed by atoms with van der Waals surface area (Å²) >= 11 is 1.79. The quantitative estimate of drug-likeness (QED) is 0.114. The van der Waals surface area contributed by atoms with Gasteiger partial charge in [-0.15, -0.1) is 11.3 Å². The number of aromatic amines is 2. The van der Waals surface area contributed by atoms with E-state index in [1.165, 1.54) is 17.7 Å². The number of likely N-dealkylation sites (tertiary alicyclic amines) is 1. The molecule has 0 radical (unpaired) electrons. The van der Waals surface area contributed by atoms with Crippen LogP contribution in [0.1, 0.15) is 97.9 Å². The minimum Gasteiger partial charge on any atom is -0.464 e. The van der Waals surface area contributed by atoms with Crippen molar-refractivity contribution in [3.8, 4) is 39.5 Å². The molecule has 0 spiro atoms. The molecule has 0 bridgehead atoms. The van der Waals surface area contributed by atoms with E-state index in [0.29, 0.717) is 41.7 Å². The Morgan fingerprint density at radius 2 is 1.80 bits per heavy atom. The number of ether oxygens (including phenoxy) is 2. The van der Waals surface area contributed by atoms with Gasteiger partial charge in [-0.05, 0) is 106 Å². The molecule has 284 valence electrons. The van der Waals surface area contributed by atoms with Crippen molar-refractivity contribution in [2.24, 2.45) is 5.92 Å². The van der Waals surface area contributed by atoms with Crippen LogP contribution in [-0.4, -0.2) is 61.6 Å². The Morgan fingerprint density at radius 3 is 2.65 bits per heavy atom. The number of aromatic nitrogens is 5. The largest absolute Gasteiger partial charge is 0.464 e. The van der Waals surface area contributed by atoms with Crippen LogP contribution in [-0.2, 0) is 16.1 Å². The van der Waals surface area contributed by atoms with Gasteiger partial charge in [0.05, 0.1) is 58.0 Å². The molecule has 6 aromatic rings. The van der Waals surface area contributed by atoms with Crippen molar-refractivity contribution in [3.05, 3.63) is 88.1 Å². The van der Waals surface area contributed by atoms with Gasteiger partial charge in [-0.25, -0.2) is 14.4 Å². The molecule has 55 heavy (non-hydrogen) atoms. The lowest BCUT2D eigenvalue weighted by Crippen LogP contribution is -2.33. The molecule has 1 amide bonds. The van der Waals surface area contributed by atoms with E-state index in [-0.39, 0.29) is 17.8 Å². The van der Waals surface area contributed by atoms with Crippen molar-refractivity contribution in [2.75, 3.05) is 26.3 Å². The first kappa shape index (κ1) is 34.7. The molecule has 10 nitrogen and oxygen atoms in total. The molecular formula is C43H46FN7O3S. The Bertz CT molecular complexity index is 2370. The molecular weight excluding hydrogens is 714 g/mol. The van der Waals surface area contributed by atoms with Gasteiger partial charge in [0.1, 0.15) is 23.2 Å². The van der Waals surface area contributed by atoms with Crippen molar-refractivity contribution in [1.82, 2.24) is 34.7 Å². The normalized spacial score (nSPS) is 19.9. The molecule has 3 aliphatic heterocycles. The molecule has 2 atom stereocenters.